The zero-order valence-electron chi connectivity index (χ0n) is 25.1. The van der Waals surface area contributed by atoms with E-state index in [4.69, 9.17) is 4.74 Å². The normalized spacial score (nSPS) is 33.9. The zero-order valence-corrected chi connectivity index (χ0v) is 25.9. The monoisotopic (exact) mass is 582 g/mol. The molecule has 1 saturated carbocycles. The van der Waals surface area contributed by atoms with E-state index in [1.165, 1.54) is 6.42 Å². The molecule has 0 radical (unpaired) electrons. The Morgan fingerprint density at radius 2 is 2.00 bits per heavy atom. The Balaban J connectivity index is 1.41. The highest BCUT2D eigenvalue weighted by atomic mass is 32.2. The van der Waals surface area contributed by atoms with E-state index in [1.54, 1.807) is 16.7 Å². The first kappa shape index (κ1) is 30.1. The molecule has 4 aliphatic rings. The molecular formula is C32H46N4O4S. The summed E-state index contributed by atoms with van der Waals surface area (Å²) >= 11 is 1.60. The molecule has 3 aliphatic heterocycles. The number of nitrogens with one attached hydrogen (secondary N) is 2. The number of likely N-dealkylation sites (tertiary alicyclic amines) is 1. The smallest absolute Gasteiger partial charge is 0.246 e. The van der Waals surface area contributed by atoms with Gasteiger partial charge in [-0.25, -0.2) is 0 Å². The molecule has 0 unspecified atom stereocenters. The van der Waals surface area contributed by atoms with Gasteiger partial charge in [-0.1, -0.05) is 58.3 Å². The second-order valence-corrected chi connectivity index (χ2v) is 13.4. The summed E-state index contributed by atoms with van der Waals surface area (Å²) < 4.78 is 6.53. The molecule has 2 bridgehead atoms. The molecule has 1 aromatic rings. The van der Waals surface area contributed by atoms with Gasteiger partial charge in [-0.15, -0.1) is 11.8 Å². The van der Waals surface area contributed by atoms with Crippen LogP contribution in [0.2, 0.25) is 0 Å². The lowest BCUT2D eigenvalue weighted by molar-refractivity contribution is -0.141. The lowest BCUT2D eigenvalue weighted by Gasteiger charge is -2.38. The summed E-state index contributed by atoms with van der Waals surface area (Å²) in [4.78, 5) is 47.1. The van der Waals surface area contributed by atoms with E-state index < -0.39 is 29.6 Å². The van der Waals surface area contributed by atoms with Crippen LogP contribution in [-0.2, 0) is 19.1 Å². The van der Waals surface area contributed by atoms with E-state index >= 15 is 0 Å². The second-order valence-electron chi connectivity index (χ2n) is 12.5. The number of fused-ring (bicyclic) bond motifs is 1. The average molecular weight is 583 g/mol. The summed E-state index contributed by atoms with van der Waals surface area (Å²) in [5.74, 6) is -1.11. The van der Waals surface area contributed by atoms with E-state index in [9.17, 15) is 14.4 Å². The van der Waals surface area contributed by atoms with Gasteiger partial charge in [0, 0.05) is 29.7 Å². The Labute approximate surface area is 249 Å². The third kappa shape index (κ3) is 5.69. The number of ether oxygens (including phenoxy) is 1. The minimum absolute atomic E-state index is 0.0660. The van der Waals surface area contributed by atoms with E-state index in [1.807, 2.05) is 42.7 Å². The maximum absolute atomic E-state index is 14.2. The Kier molecular flexibility index (Phi) is 9.16. The fourth-order valence-electron chi connectivity index (χ4n) is 7.30. The van der Waals surface area contributed by atoms with Gasteiger partial charge in [-0.05, 0) is 62.7 Å². The highest BCUT2D eigenvalue weighted by molar-refractivity contribution is 7.98. The van der Waals surface area contributed by atoms with Crippen LogP contribution >= 0.6 is 11.8 Å². The Morgan fingerprint density at radius 1 is 1.20 bits per heavy atom. The van der Waals surface area contributed by atoms with Crippen molar-refractivity contribution in [1.82, 2.24) is 15.1 Å². The molecule has 3 amide bonds. The Hall–Kier alpha value is -2.36. The fourth-order valence-corrected chi connectivity index (χ4v) is 7.76. The van der Waals surface area contributed by atoms with Gasteiger partial charge in [0.1, 0.15) is 11.6 Å². The maximum Gasteiger partial charge on any atom is 0.246 e. The van der Waals surface area contributed by atoms with Crippen molar-refractivity contribution in [1.29, 1.82) is 0 Å². The standard InChI is InChI=1S/C32H46N4O4S/c1-6-7-16-35(4)17-18-36-28(30(38)34-24-13-8-10-20(2)21(24)3)32-15-14-25(40-32)26(27(32)31(36)39)29(37)33-22-11-9-12-23(19-22)41-5/h9,11-12,14-15,19-21,24-28H,6-8,10,13,16-18H2,1-5H3,(H,33,37)(H,34,38)/t20-,21-,24-,25-,26-,27-,28+,32+/m1/s1. The first-order chi connectivity index (χ1) is 19.7. The lowest BCUT2D eigenvalue weighted by Crippen LogP contribution is -2.58. The molecule has 5 rings (SSSR count). The molecule has 224 valence electrons. The minimum Gasteiger partial charge on any atom is -0.359 e. The molecule has 2 N–H and O–H groups in total. The van der Waals surface area contributed by atoms with Crippen LogP contribution in [0.3, 0.4) is 0 Å². The molecule has 1 aliphatic carbocycles. The largest absolute Gasteiger partial charge is 0.359 e. The van der Waals surface area contributed by atoms with Gasteiger partial charge in [0.25, 0.3) is 0 Å². The molecule has 9 heteroatoms. The summed E-state index contributed by atoms with van der Waals surface area (Å²) in [5, 5.41) is 6.37. The van der Waals surface area contributed by atoms with Gasteiger partial charge in [-0.3, -0.25) is 14.4 Å². The molecule has 8 atom stereocenters. The van der Waals surface area contributed by atoms with Crippen LogP contribution in [0, 0.1) is 23.7 Å². The lowest BCUT2D eigenvalue weighted by atomic mass is 9.73. The van der Waals surface area contributed by atoms with E-state index in [-0.39, 0.29) is 23.8 Å². The first-order valence-electron chi connectivity index (χ1n) is 15.3. The minimum atomic E-state index is -1.14. The number of nitrogens with zero attached hydrogens (tertiary/aromatic N) is 2. The van der Waals surface area contributed by atoms with Gasteiger partial charge >= 0.3 is 0 Å². The van der Waals surface area contributed by atoms with Crippen LogP contribution in [0.4, 0.5) is 5.69 Å². The average Bonchev–Trinajstić information content (AvgIpc) is 3.60. The number of carbonyl (C=O) groups is 3. The third-order valence-corrected chi connectivity index (χ3v) is 10.6. The molecule has 3 fully saturated rings. The van der Waals surface area contributed by atoms with Crippen molar-refractivity contribution >= 4 is 35.2 Å². The number of thioether (sulfide) groups is 1. The number of likely N-dealkylation sites (N-methyl/N-ethyl adjacent to an activating group) is 1. The van der Waals surface area contributed by atoms with Crippen LogP contribution in [0.15, 0.2) is 41.3 Å². The SMILES string of the molecule is CCCCN(C)CCN1C(=O)[C@H]2[C@H](C(=O)Nc3cccc(SC)c3)[C@H]3C=C[C@@]2(O3)[C@@H]1C(=O)N[C@@H]1CCC[C@@H](C)[C@H]1C. The predicted octanol–water partition coefficient (Wildman–Crippen LogP) is 4.17. The Morgan fingerprint density at radius 3 is 2.76 bits per heavy atom. The van der Waals surface area contributed by atoms with Gasteiger partial charge in [0.15, 0.2) is 0 Å². The van der Waals surface area contributed by atoms with Crippen molar-refractivity contribution in [2.24, 2.45) is 23.7 Å². The maximum atomic E-state index is 14.2. The molecule has 3 heterocycles. The number of anilines is 1. The summed E-state index contributed by atoms with van der Waals surface area (Å²) in [6, 6.07) is 6.95. The van der Waals surface area contributed by atoms with Crippen molar-refractivity contribution in [3.63, 3.8) is 0 Å². The summed E-state index contributed by atoms with van der Waals surface area (Å²) in [6.45, 7) is 8.62. The number of hydrogen-bond donors (Lipinski definition) is 2. The Bertz CT molecular complexity index is 1180. The quantitative estimate of drug-likeness (QED) is 0.301. The van der Waals surface area contributed by atoms with E-state index in [2.05, 4.69) is 43.4 Å². The van der Waals surface area contributed by atoms with Gasteiger partial charge < -0.3 is 25.2 Å². The highest BCUT2D eigenvalue weighted by Gasteiger charge is 2.72. The summed E-state index contributed by atoms with van der Waals surface area (Å²) in [5.41, 5.74) is -0.447. The molecule has 1 aromatic carbocycles. The van der Waals surface area contributed by atoms with Crippen molar-refractivity contribution in [2.45, 2.75) is 81.6 Å². The van der Waals surface area contributed by atoms with Crippen molar-refractivity contribution in [3.05, 3.63) is 36.4 Å². The molecule has 2 saturated heterocycles. The van der Waals surface area contributed by atoms with Crippen LogP contribution in [-0.4, -0.2) is 84.2 Å². The number of carbonyl (C=O) groups excluding carboxylic acids is 3. The van der Waals surface area contributed by atoms with Gasteiger partial charge in [0.2, 0.25) is 17.7 Å². The zero-order chi connectivity index (χ0) is 29.3. The second kappa shape index (κ2) is 12.5. The topological polar surface area (TPSA) is 91.0 Å². The van der Waals surface area contributed by atoms with Crippen LogP contribution < -0.4 is 10.6 Å². The first-order valence-corrected chi connectivity index (χ1v) is 16.5. The summed E-state index contributed by atoms with van der Waals surface area (Å²) in [6.07, 6.45) is 10.6. The molecule has 8 nitrogen and oxygen atoms in total. The highest BCUT2D eigenvalue weighted by Crippen LogP contribution is 2.55. The summed E-state index contributed by atoms with van der Waals surface area (Å²) in [7, 11) is 2.05. The molecule has 1 spiro atoms. The molecule has 0 aromatic heterocycles. The number of benzene rings is 1. The predicted molar refractivity (Wildman–Crippen MR) is 163 cm³/mol. The van der Waals surface area contributed by atoms with Crippen LogP contribution in [0.25, 0.3) is 0 Å². The van der Waals surface area contributed by atoms with Crippen molar-refractivity contribution in [2.75, 3.05) is 38.3 Å². The molecule has 41 heavy (non-hydrogen) atoms. The van der Waals surface area contributed by atoms with Gasteiger partial charge in [-0.2, -0.15) is 0 Å². The third-order valence-electron chi connectivity index (χ3n) is 9.91. The molecular weight excluding hydrogens is 536 g/mol. The van der Waals surface area contributed by atoms with Crippen LogP contribution in [0.5, 0.6) is 0 Å². The number of hydrogen-bond acceptors (Lipinski definition) is 6. The van der Waals surface area contributed by atoms with Crippen LogP contribution in [0.1, 0.15) is 52.9 Å². The van der Waals surface area contributed by atoms with E-state index in [0.29, 0.717) is 30.6 Å². The van der Waals surface area contributed by atoms with Crippen molar-refractivity contribution in [3.8, 4) is 0 Å². The number of amides is 3. The number of unbranched alkanes of at least 4 members (excludes halogenated alkanes) is 1. The van der Waals surface area contributed by atoms with E-state index in [0.717, 1.165) is 37.1 Å². The number of rotatable bonds is 11. The van der Waals surface area contributed by atoms with Gasteiger partial charge in [0.05, 0.1) is 17.9 Å². The fraction of sp³-hybridized carbons (Fsp3) is 0.656. The van der Waals surface area contributed by atoms with Crippen molar-refractivity contribution < 1.29 is 19.1 Å².